The van der Waals surface area contributed by atoms with Gasteiger partial charge in [0, 0.05) is 69.8 Å². The highest BCUT2D eigenvalue weighted by Gasteiger charge is 2.56. The van der Waals surface area contributed by atoms with E-state index in [4.69, 9.17) is 28.4 Å². The van der Waals surface area contributed by atoms with Gasteiger partial charge in [-0.25, -0.2) is 4.68 Å². The Morgan fingerprint density at radius 3 is 2.19 bits per heavy atom. The fourth-order valence-electron chi connectivity index (χ4n) is 10.5. The summed E-state index contributed by atoms with van der Waals surface area (Å²) in [6.07, 6.45) is -1.90. The Morgan fingerprint density at radius 2 is 1.57 bits per heavy atom. The summed E-state index contributed by atoms with van der Waals surface area (Å²) >= 11 is 0. The number of nitrogens with zero attached hydrogens (tertiary/aromatic N) is 5. The number of ether oxygens (including phenoxy) is 6. The molecular formula is C46H75N5O12. The minimum atomic E-state index is -1.97. The minimum Gasteiger partial charge on any atom is -0.459 e. The largest absolute Gasteiger partial charge is 0.459 e. The molecule has 3 fully saturated rings. The van der Waals surface area contributed by atoms with Crippen LogP contribution >= 0.6 is 0 Å². The summed E-state index contributed by atoms with van der Waals surface area (Å²) in [5.41, 5.74) is -2.67. The Morgan fingerprint density at radius 1 is 0.921 bits per heavy atom. The number of aliphatic hydroxyl groups is 4. The summed E-state index contributed by atoms with van der Waals surface area (Å²) in [4.78, 5) is 34.9. The molecule has 17 nitrogen and oxygen atoms in total. The van der Waals surface area contributed by atoms with Crippen LogP contribution < -0.4 is 0 Å². The zero-order valence-electron chi connectivity index (χ0n) is 39.6. The summed E-state index contributed by atoms with van der Waals surface area (Å²) in [7, 11) is 5.00. The SMILES string of the molecule is CC[C@H]1OC(=O)[C@H](C)[C@@H](C2C[C@@](C)(OC)[C@@H](O)[C@H](C)O2)[C@H](C)[C@@H](O[C@@H]2O[C@H](C)C[C@H](N(C)CCc3cn(-c4ccncc4)nn3)[C@H]2O)[C@](C)(OC)C[C@@H](C)C(=O)[C@H](C)[C@@H](O)[C@]1(C)O. The molecule has 3 aliphatic heterocycles. The maximum atomic E-state index is 14.5. The van der Waals surface area contributed by atoms with Crippen molar-refractivity contribution < 1.29 is 58.4 Å². The zero-order valence-corrected chi connectivity index (χ0v) is 39.6. The zero-order chi connectivity index (χ0) is 46.8. The molecule has 18 atom stereocenters. The second-order valence-corrected chi connectivity index (χ2v) is 19.3. The Balaban J connectivity index is 1.53. The van der Waals surface area contributed by atoms with Gasteiger partial charge in [-0.1, -0.05) is 39.8 Å². The molecule has 2 aromatic heterocycles. The second kappa shape index (κ2) is 20.7. The molecule has 2 aromatic rings. The number of likely N-dealkylation sites (N-methyl/N-ethyl adjacent to an activating group) is 1. The normalized spacial score (nSPS) is 42.5. The van der Waals surface area contributed by atoms with Gasteiger partial charge in [-0.15, -0.1) is 5.10 Å². The van der Waals surface area contributed by atoms with Gasteiger partial charge in [0.15, 0.2) is 6.29 Å². The first-order valence-electron chi connectivity index (χ1n) is 22.6. The van der Waals surface area contributed by atoms with Crippen LogP contribution in [0.5, 0.6) is 0 Å². The lowest BCUT2D eigenvalue weighted by Crippen LogP contribution is -2.62. The van der Waals surface area contributed by atoms with E-state index < -0.39 is 107 Å². The van der Waals surface area contributed by atoms with Crippen LogP contribution in [0.3, 0.4) is 0 Å². The van der Waals surface area contributed by atoms with Crippen LogP contribution in [0.4, 0.5) is 0 Å². The van der Waals surface area contributed by atoms with Gasteiger partial charge >= 0.3 is 5.97 Å². The van der Waals surface area contributed by atoms with E-state index in [0.717, 1.165) is 11.4 Å². The molecule has 0 amide bonds. The number of cyclic esters (lactones) is 1. The Labute approximate surface area is 373 Å². The van der Waals surface area contributed by atoms with E-state index in [1.165, 1.54) is 21.1 Å². The lowest BCUT2D eigenvalue weighted by molar-refractivity contribution is -0.305. The molecule has 3 aliphatic rings. The summed E-state index contributed by atoms with van der Waals surface area (Å²) in [5, 5.41) is 55.5. The smallest absolute Gasteiger partial charge is 0.309 e. The third kappa shape index (κ3) is 10.8. The van der Waals surface area contributed by atoms with E-state index in [2.05, 4.69) is 20.2 Å². The highest BCUT2D eigenvalue weighted by Crippen LogP contribution is 2.46. The molecule has 5 rings (SSSR count). The van der Waals surface area contributed by atoms with Gasteiger partial charge in [0.25, 0.3) is 0 Å². The van der Waals surface area contributed by atoms with E-state index in [1.807, 2.05) is 46.1 Å². The molecule has 4 N–H and O–H groups in total. The number of rotatable bonds is 11. The van der Waals surface area contributed by atoms with Crippen LogP contribution in [0.1, 0.15) is 101 Å². The average molecular weight is 890 g/mol. The fraction of sp³-hybridized carbons (Fsp3) is 0.804. The molecule has 356 valence electrons. The molecule has 17 heteroatoms. The minimum absolute atomic E-state index is 0.109. The van der Waals surface area contributed by atoms with E-state index in [1.54, 1.807) is 58.6 Å². The maximum absolute atomic E-state index is 14.5. The van der Waals surface area contributed by atoms with Crippen molar-refractivity contribution in [3.8, 4) is 5.69 Å². The maximum Gasteiger partial charge on any atom is 0.309 e. The van der Waals surface area contributed by atoms with Crippen molar-refractivity contribution in [2.75, 3.05) is 27.8 Å². The lowest BCUT2D eigenvalue weighted by Gasteiger charge is -2.52. The highest BCUT2D eigenvalue weighted by atomic mass is 16.7. The average Bonchev–Trinajstić information content (AvgIpc) is 3.74. The number of aliphatic hydroxyl groups excluding tert-OH is 3. The standard InChI is InChI=1S/C46H75N5O12/c1-14-35-46(10,57)39(54)29(6)37(52)25(2)22-45(9,59-13)41(27(4)36(28(5)42(56)62-35)34-23-44(8,58-12)40(55)30(7)61-34)63-43-38(53)33(21-26(3)60-43)50(11)20-17-31-24-51(49-48-31)32-15-18-47-19-16-32/h15-16,18-19,24-30,33-36,38-41,43,53-55,57H,14,17,20-23H2,1-13H3/t25-,26-,27+,28-,29+,30+,33+,34?,35-,36+,38-,39-,40+,41-,43+,44-,45-,46-/m1/s1. The first-order valence-corrected chi connectivity index (χ1v) is 22.6. The molecule has 0 saturated carbocycles. The number of methoxy groups -OCH3 is 2. The van der Waals surface area contributed by atoms with Crippen LogP contribution in [0.25, 0.3) is 5.69 Å². The summed E-state index contributed by atoms with van der Waals surface area (Å²) in [6.45, 7) is 18.0. The number of hydrogen-bond acceptors (Lipinski definition) is 16. The van der Waals surface area contributed by atoms with Crippen molar-refractivity contribution in [2.45, 2.75) is 179 Å². The first-order chi connectivity index (χ1) is 29.5. The molecule has 5 heterocycles. The number of esters is 1. The predicted octanol–water partition coefficient (Wildman–Crippen LogP) is 3.30. The van der Waals surface area contributed by atoms with Crippen molar-refractivity contribution >= 4 is 11.8 Å². The Kier molecular flexibility index (Phi) is 16.8. The molecule has 63 heavy (non-hydrogen) atoms. The van der Waals surface area contributed by atoms with Gasteiger partial charge in [-0.05, 0) is 79.0 Å². The molecule has 0 bridgehead atoms. The number of Topliss-reactive ketones (excluding diaryl/α,β-unsaturated/α-hetero) is 1. The van der Waals surface area contributed by atoms with Gasteiger partial charge in [0.2, 0.25) is 0 Å². The molecular weight excluding hydrogens is 815 g/mol. The van der Waals surface area contributed by atoms with E-state index in [0.29, 0.717) is 19.4 Å². The monoisotopic (exact) mass is 890 g/mol. The number of pyridine rings is 1. The van der Waals surface area contributed by atoms with Crippen molar-refractivity contribution in [2.24, 2.45) is 29.6 Å². The number of carbonyl (C=O) groups is 2. The molecule has 0 radical (unpaired) electrons. The van der Waals surface area contributed by atoms with Crippen molar-refractivity contribution in [3.05, 3.63) is 36.4 Å². The Bertz CT molecular complexity index is 1800. The van der Waals surface area contributed by atoms with Crippen LogP contribution in [-0.2, 0) is 44.4 Å². The van der Waals surface area contributed by atoms with Crippen LogP contribution in [0.15, 0.2) is 30.7 Å². The summed E-state index contributed by atoms with van der Waals surface area (Å²) in [5.74, 6) is -4.97. The third-order valence-corrected chi connectivity index (χ3v) is 14.7. The van der Waals surface area contributed by atoms with Crippen LogP contribution in [0.2, 0.25) is 0 Å². The number of ketones is 1. The lowest BCUT2D eigenvalue weighted by atomic mass is 9.67. The topological polar surface area (TPSA) is 217 Å². The Hall–Kier alpha value is -2.97. The van der Waals surface area contributed by atoms with Gasteiger partial charge in [0.1, 0.15) is 29.7 Å². The van der Waals surface area contributed by atoms with E-state index in [9.17, 15) is 30.0 Å². The third-order valence-electron chi connectivity index (χ3n) is 14.7. The van der Waals surface area contributed by atoms with Crippen molar-refractivity contribution in [1.82, 2.24) is 24.9 Å². The molecule has 0 spiro atoms. The highest BCUT2D eigenvalue weighted by molar-refractivity contribution is 5.83. The number of hydrogen-bond donors (Lipinski definition) is 4. The van der Waals surface area contributed by atoms with Crippen LogP contribution in [0, 0.1) is 29.6 Å². The number of aromatic nitrogens is 4. The van der Waals surface area contributed by atoms with Gasteiger partial charge in [-0.2, -0.15) is 0 Å². The van der Waals surface area contributed by atoms with Crippen molar-refractivity contribution in [1.29, 1.82) is 0 Å². The molecule has 3 saturated heterocycles. The van der Waals surface area contributed by atoms with Crippen LogP contribution in [-0.4, -0.2) is 163 Å². The fourth-order valence-corrected chi connectivity index (χ4v) is 10.5. The van der Waals surface area contributed by atoms with E-state index >= 15 is 0 Å². The molecule has 1 unspecified atom stereocenters. The number of carbonyl (C=O) groups excluding carboxylic acids is 2. The summed E-state index contributed by atoms with van der Waals surface area (Å²) < 4.78 is 40.3. The molecule has 0 aromatic carbocycles. The second-order valence-electron chi connectivity index (χ2n) is 19.3. The van der Waals surface area contributed by atoms with Crippen molar-refractivity contribution in [3.63, 3.8) is 0 Å². The first kappa shape index (κ1) is 51.0. The molecule has 0 aliphatic carbocycles. The predicted molar refractivity (Wildman–Crippen MR) is 231 cm³/mol. The van der Waals surface area contributed by atoms with Gasteiger partial charge in [0.05, 0.1) is 65.2 Å². The quantitative estimate of drug-likeness (QED) is 0.238. The van der Waals surface area contributed by atoms with Gasteiger partial charge < -0.3 is 53.7 Å². The summed E-state index contributed by atoms with van der Waals surface area (Å²) in [6, 6.07) is 3.30. The van der Waals surface area contributed by atoms with E-state index in [-0.39, 0.29) is 31.1 Å². The van der Waals surface area contributed by atoms with Gasteiger partial charge in [-0.3, -0.25) is 14.6 Å².